The highest BCUT2D eigenvalue weighted by Crippen LogP contribution is 2.24. The highest BCUT2D eigenvalue weighted by molar-refractivity contribution is 6.06. The van der Waals surface area contributed by atoms with Gasteiger partial charge in [-0.1, -0.05) is 0 Å². The van der Waals surface area contributed by atoms with E-state index in [1.807, 2.05) is 0 Å². The standard InChI is InChI=1S/C15H19N3O4/c1-7-13(10(4)19)9(3)18-14(7)15(21)22-6-12(20)11(5-16)8(2)17/h10-11,17-19H,6H2,1-4H3/t10-,11+/m1/s1. The molecule has 22 heavy (non-hydrogen) atoms. The Morgan fingerprint density at radius 3 is 2.45 bits per heavy atom. The molecule has 0 aliphatic heterocycles. The van der Waals surface area contributed by atoms with E-state index < -0.39 is 30.4 Å². The molecule has 0 fully saturated rings. The van der Waals surface area contributed by atoms with Crippen molar-refractivity contribution in [1.29, 1.82) is 10.7 Å². The molecule has 7 heteroatoms. The number of ketones is 1. The molecule has 0 aromatic carbocycles. The van der Waals surface area contributed by atoms with Crippen molar-refractivity contribution in [3.05, 3.63) is 22.5 Å². The van der Waals surface area contributed by atoms with Gasteiger partial charge in [0.25, 0.3) is 0 Å². The number of nitriles is 1. The van der Waals surface area contributed by atoms with Crippen molar-refractivity contribution in [2.24, 2.45) is 5.92 Å². The molecule has 0 aliphatic rings. The van der Waals surface area contributed by atoms with Crippen LogP contribution in [0.3, 0.4) is 0 Å². The Hall–Kier alpha value is -2.46. The molecule has 1 aromatic heterocycles. The Morgan fingerprint density at radius 2 is 2.05 bits per heavy atom. The number of nitrogens with zero attached hydrogens (tertiary/aromatic N) is 1. The minimum Gasteiger partial charge on any atom is -0.453 e. The Labute approximate surface area is 128 Å². The van der Waals surface area contributed by atoms with E-state index in [-0.39, 0.29) is 11.4 Å². The van der Waals surface area contributed by atoms with Gasteiger partial charge in [0.05, 0.1) is 12.2 Å². The zero-order valence-electron chi connectivity index (χ0n) is 13.0. The lowest BCUT2D eigenvalue weighted by Crippen LogP contribution is -2.25. The SMILES string of the molecule is CC(=N)[C@H](C#N)C(=O)COC(=O)c1[nH]c(C)c([C@@H](C)O)c1C. The molecule has 1 heterocycles. The summed E-state index contributed by atoms with van der Waals surface area (Å²) in [4.78, 5) is 26.6. The maximum atomic E-state index is 12.0. The maximum Gasteiger partial charge on any atom is 0.355 e. The van der Waals surface area contributed by atoms with Gasteiger partial charge in [-0.2, -0.15) is 5.26 Å². The van der Waals surface area contributed by atoms with E-state index in [1.54, 1.807) is 26.8 Å². The largest absolute Gasteiger partial charge is 0.453 e. The first-order chi connectivity index (χ1) is 10.2. The van der Waals surface area contributed by atoms with Crippen LogP contribution in [-0.2, 0) is 9.53 Å². The summed E-state index contributed by atoms with van der Waals surface area (Å²) in [6.45, 7) is 5.76. The van der Waals surface area contributed by atoms with E-state index in [0.717, 1.165) is 0 Å². The van der Waals surface area contributed by atoms with Gasteiger partial charge in [-0.05, 0) is 33.3 Å². The number of ether oxygens (including phenoxy) is 1. The van der Waals surface area contributed by atoms with Gasteiger partial charge in [0.15, 0.2) is 12.4 Å². The molecule has 1 aromatic rings. The first kappa shape index (κ1) is 17.6. The van der Waals surface area contributed by atoms with Crippen LogP contribution >= 0.6 is 0 Å². The van der Waals surface area contributed by atoms with Gasteiger partial charge >= 0.3 is 5.97 Å². The topological polar surface area (TPSA) is 127 Å². The molecule has 0 unspecified atom stereocenters. The number of aromatic nitrogens is 1. The second-order valence-corrected chi connectivity index (χ2v) is 5.13. The minimum absolute atomic E-state index is 0.0909. The van der Waals surface area contributed by atoms with E-state index >= 15 is 0 Å². The molecule has 0 saturated heterocycles. The lowest BCUT2D eigenvalue weighted by Gasteiger charge is -2.08. The molecule has 7 nitrogen and oxygen atoms in total. The van der Waals surface area contributed by atoms with Crippen LogP contribution in [0.1, 0.15) is 47.3 Å². The number of aryl methyl sites for hydroxylation is 1. The number of nitrogens with one attached hydrogen (secondary N) is 2. The third kappa shape index (κ3) is 3.59. The normalized spacial score (nSPS) is 13.1. The molecule has 1 rings (SSSR count). The summed E-state index contributed by atoms with van der Waals surface area (Å²) < 4.78 is 4.90. The monoisotopic (exact) mass is 305 g/mol. The number of carbonyl (C=O) groups excluding carboxylic acids is 2. The summed E-state index contributed by atoms with van der Waals surface area (Å²) in [6, 6.07) is 1.70. The third-order valence-electron chi connectivity index (χ3n) is 3.35. The predicted octanol–water partition coefficient (Wildman–Crippen LogP) is 1.59. The van der Waals surface area contributed by atoms with Crippen molar-refractivity contribution in [2.75, 3.05) is 6.61 Å². The lowest BCUT2D eigenvalue weighted by molar-refractivity contribution is -0.122. The Kier molecular flexibility index (Phi) is 5.60. The van der Waals surface area contributed by atoms with E-state index in [0.29, 0.717) is 16.8 Å². The average Bonchev–Trinajstić information content (AvgIpc) is 2.71. The van der Waals surface area contributed by atoms with Crippen molar-refractivity contribution in [2.45, 2.75) is 33.8 Å². The van der Waals surface area contributed by atoms with Crippen LogP contribution in [0.4, 0.5) is 0 Å². The third-order valence-corrected chi connectivity index (χ3v) is 3.35. The van der Waals surface area contributed by atoms with Crippen molar-refractivity contribution in [3.63, 3.8) is 0 Å². The summed E-state index contributed by atoms with van der Waals surface area (Å²) in [5.41, 5.74) is 1.90. The summed E-state index contributed by atoms with van der Waals surface area (Å²) in [5, 5.41) is 25.8. The number of hydrogen-bond acceptors (Lipinski definition) is 6. The van der Waals surface area contributed by atoms with Crippen molar-refractivity contribution < 1.29 is 19.4 Å². The van der Waals surface area contributed by atoms with E-state index in [9.17, 15) is 14.7 Å². The molecule has 0 spiro atoms. The van der Waals surface area contributed by atoms with Gasteiger partial charge in [0.1, 0.15) is 11.6 Å². The predicted molar refractivity (Wildman–Crippen MR) is 78.7 cm³/mol. The van der Waals surface area contributed by atoms with Gasteiger partial charge in [0.2, 0.25) is 0 Å². The van der Waals surface area contributed by atoms with Crippen molar-refractivity contribution in [3.8, 4) is 6.07 Å². The van der Waals surface area contributed by atoms with Gasteiger partial charge in [-0.15, -0.1) is 0 Å². The number of H-pyrrole nitrogens is 1. The highest BCUT2D eigenvalue weighted by Gasteiger charge is 2.24. The summed E-state index contributed by atoms with van der Waals surface area (Å²) >= 11 is 0. The number of Topliss-reactive ketones (excluding diaryl/α,β-unsaturated/α-hetero) is 1. The van der Waals surface area contributed by atoms with Crippen LogP contribution in [0.5, 0.6) is 0 Å². The molecule has 2 atom stereocenters. The number of aliphatic hydroxyl groups is 1. The van der Waals surface area contributed by atoms with Crippen LogP contribution in [0.15, 0.2) is 0 Å². The van der Waals surface area contributed by atoms with Crippen molar-refractivity contribution >= 4 is 17.5 Å². The van der Waals surface area contributed by atoms with Gasteiger partial charge < -0.3 is 20.2 Å². The van der Waals surface area contributed by atoms with Crippen LogP contribution in [0.2, 0.25) is 0 Å². The Morgan fingerprint density at radius 1 is 1.45 bits per heavy atom. The van der Waals surface area contributed by atoms with Crippen LogP contribution in [-0.4, -0.2) is 34.2 Å². The average molecular weight is 305 g/mol. The van der Waals surface area contributed by atoms with Crippen molar-refractivity contribution in [1.82, 2.24) is 4.98 Å². The molecule has 0 radical (unpaired) electrons. The quantitative estimate of drug-likeness (QED) is 0.543. The number of esters is 1. The number of aliphatic hydroxyl groups excluding tert-OH is 1. The fourth-order valence-corrected chi connectivity index (χ4v) is 2.30. The van der Waals surface area contributed by atoms with Crippen LogP contribution in [0.25, 0.3) is 0 Å². The number of rotatable bonds is 6. The fraction of sp³-hybridized carbons (Fsp3) is 0.467. The minimum atomic E-state index is -1.20. The van der Waals surface area contributed by atoms with E-state index in [4.69, 9.17) is 15.4 Å². The Bertz CT molecular complexity index is 652. The molecule has 0 bridgehead atoms. The molecular weight excluding hydrogens is 286 g/mol. The summed E-state index contributed by atoms with van der Waals surface area (Å²) in [7, 11) is 0. The van der Waals surface area contributed by atoms with Crippen LogP contribution in [0, 0.1) is 36.5 Å². The van der Waals surface area contributed by atoms with E-state index in [1.165, 1.54) is 6.92 Å². The maximum absolute atomic E-state index is 12.0. The molecule has 0 amide bonds. The zero-order valence-corrected chi connectivity index (χ0v) is 13.0. The lowest BCUT2D eigenvalue weighted by atomic mass is 10.0. The summed E-state index contributed by atoms with van der Waals surface area (Å²) in [6.07, 6.45) is -0.733. The molecule has 0 aliphatic carbocycles. The highest BCUT2D eigenvalue weighted by atomic mass is 16.5. The summed E-state index contributed by atoms with van der Waals surface area (Å²) in [5.74, 6) is -2.58. The zero-order chi connectivity index (χ0) is 17.0. The second kappa shape index (κ2) is 7.00. The second-order valence-electron chi connectivity index (χ2n) is 5.13. The molecule has 0 saturated carbocycles. The van der Waals surface area contributed by atoms with Gasteiger partial charge in [-0.25, -0.2) is 4.79 Å². The number of hydrogen-bond donors (Lipinski definition) is 3. The molecular formula is C15H19N3O4. The Balaban J connectivity index is 2.84. The number of aromatic amines is 1. The number of carbonyl (C=O) groups is 2. The smallest absolute Gasteiger partial charge is 0.355 e. The molecule has 118 valence electrons. The fourth-order valence-electron chi connectivity index (χ4n) is 2.30. The van der Waals surface area contributed by atoms with Crippen LogP contribution < -0.4 is 0 Å². The van der Waals surface area contributed by atoms with Gasteiger partial charge in [-0.3, -0.25) is 4.79 Å². The molecule has 3 N–H and O–H groups in total. The first-order valence-corrected chi connectivity index (χ1v) is 6.72. The van der Waals surface area contributed by atoms with E-state index in [2.05, 4.69) is 4.98 Å². The van der Waals surface area contributed by atoms with Gasteiger partial charge in [0, 0.05) is 17.0 Å². The first-order valence-electron chi connectivity index (χ1n) is 6.72.